The van der Waals surface area contributed by atoms with Gasteiger partial charge in [0.1, 0.15) is 21.8 Å². The molecule has 1 saturated heterocycles. The van der Waals surface area contributed by atoms with Gasteiger partial charge in [0.05, 0.1) is 40.7 Å². The van der Waals surface area contributed by atoms with Gasteiger partial charge in [0.15, 0.2) is 0 Å². The number of aromatic nitrogens is 4. The van der Waals surface area contributed by atoms with Crippen LogP contribution in [0.25, 0.3) is 16.9 Å². The lowest BCUT2D eigenvalue weighted by Crippen LogP contribution is -2.62. The van der Waals surface area contributed by atoms with Crippen molar-refractivity contribution >= 4 is 46.7 Å². The second-order valence-corrected chi connectivity index (χ2v) is 12.1. The molecule has 2 aromatic heterocycles. The third-order valence-corrected chi connectivity index (χ3v) is 7.66. The molecule has 0 bridgehead atoms. The summed E-state index contributed by atoms with van der Waals surface area (Å²) in [5.74, 6) is -0.233. The molecule has 4 aromatic rings. The van der Waals surface area contributed by atoms with Crippen LogP contribution in [0, 0.1) is 0 Å². The molecule has 2 aromatic carbocycles. The van der Waals surface area contributed by atoms with E-state index < -0.39 is 17.3 Å². The van der Waals surface area contributed by atoms with Gasteiger partial charge in [-0.3, -0.25) is 4.79 Å². The molecule has 5 rings (SSSR count). The molecule has 1 fully saturated rings. The number of carbonyl (C=O) groups excluding carboxylic acids is 2. The van der Waals surface area contributed by atoms with Gasteiger partial charge in [-0.05, 0) is 68.2 Å². The van der Waals surface area contributed by atoms with Gasteiger partial charge in [-0.2, -0.15) is 4.37 Å². The maximum atomic E-state index is 12.7. The zero-order valence-electron chi connectivity index (χ0n) is 21.9. The summed E-state index contributed by atoms with van der Waals surface area (Å²) in [4.78, 5) is 26.8. The Balaban J connectivity index is 1.16. The average Bonchev–Trinajstić information content (AvgIpc) is 3.57. The number of carbonyl (C=O) groups is 2. The molecule has 3 heterocycles. The van der Waals surface area contributed by atoms with Crippen LogP contribution in [-0.2, 0) is 16.9 Å². The van der Waals surface area contributed by atoms with E-state index in [9.17, 15) is 14.7 Å². The van der Waals surface area contributed by atoms with Crippen molar-refractivity contribution in [2.75, 3.05) is 13.1 Å². The van der Waals surface area contributed by atoms with Crippen LogP contribution in [-0.4, -0.2) is 60.1 Å². The van der Waals surface area contributed by atoms with Gasteiger partial charge in [-0.1, -0.05) is 46.6 Å². The fourth-order valence-electron chi connectivity index (χ4n) is 4.02. The second-order valence-electron chi connectivity index (χ2n) is 10.5. The van der Waals surface area contributed by atoms with Crippen LogP contribution in [0.2, 0.25) is 10.0 Å². The molecule has 1 aliphatic heterocycles. The maximum Gasteiger partial charge on any atom is 0.410 e. The molecule has 13 heteroatoms. The van der Waals surface area contributed by atoms with E-state index in [0.717, 1.165) is 28.3 Å². The first-order chi connectivity index (χ1) is 18.9. The lowest BCUT2D eigenvalue weighted by Gasteiger charge is -2.44. The van der Waals surface area contributed by atoms with Crippen molar-refractivity contribution in [2.24, 2.45) is 0 Å². The number of benzene rings is 2. The quantitative estimate of drug-likeness (QED) is 0.317. The van der Waals surface area contributed by atoms with E-state index in [1.54, 1.807) is 55.9 Å². The fourth-order valence-corrected chi connectivity index (χ4v) is 4.99. The molecule has 0 aliphatic carbocycles. The zero-order chi connectivity index (χ0) is 28.7. The van der Waals surface area contributed by atoms with Crippen LogP contribution >= 0.6 is 34.7 Å². The van der Waals surface area contributed by atoms with Crippen LogP contribution in [0.1, 0.15) is 41.7 Å². The lowest BCUT2D eigenvalue weighted by atomic mass is 9.91. The Hall–Kier alpha value is -3.51. The Morgan fingerprint density at radius 3 is 2.50 bits per heavy atom. The van der Waals surface area contributed by atoms with E-state index in [4.69, 9.17) is 27.9 Å². The Bertz CT molecular complexity index is 1560. The van der Waals surface area contributed by atoms with Gasteiger partial charge < -0.3 is 20.1 Å². The SMILES string of the molecule is CC(C)(C)OC(=O)N1CC(O)(c2cn(-c3ccc(CNC(=O)c4cc(-c5ccc(Cl)c(Cl)c5)ns4)cc3)nn2)C1. The van der Waals surface area contributed by atoms with E-state index >= 15 is 0 Å². The summed E-state index contributed by atoms with van der Waals surface area (Å²) >= 11 is 13.2. The number of hydrogen-bond donors (Lipinski definition) is 2. The largest absolute Gasteiger partial charge is 0.444 e. The summed E-state index contributed by atoms with van der Waals surface area (Å²) in [6, 6.07) is 14.3. The number of aliphatic hydroxyl groups is 1. The summed E-state index contributed by atoms with van der Waals surface area (Å²) in [5, 5.41) is 22.9. The summed E-state index contributed by atoms with van der Waals surface area (Å²) < 4.78 is 11.2. The fraction of sp³-hybridized carbons (Fsp3) is 0.296. The first-order valence-electron chi connectivity index (χ1n) is 12.3. The van der Waals surface area contributed by atoms with E-state index in [1.807, 2.05) is 24.3 Å². The van der Waals surface area contributed by atoms with Crippen LogP contribution in [0.4, 0.5) is 4.79 Å². The highest BCUT2D eigenvalue weighted by Gasteiger charge is 2.48. The third kappa shape index (κ3) is 6.12. The normalized spacial score (nSPS) is 14.5. The predicted octanol–water partition coefficient (Wildman–Crippen LogP) is 5.07. The minimum Gasteiger partial charge on any atom is -0.444 e. The average molecular weight is 602 g/mol. The molecular weight excluding hydrogens is 575 g/mol. The van der Waals surface area contributed by atoms with Crippen molar-refractivity contribution in [3.8, 4) is 16.9 Å². The summed E-state index contributed by atoms with van der Waals surface area (Å²) in [5.41, 5.74) is 1.52. The van der Waals surface area contributed by atoms with Crippen molar-refractivity contribution < 1.29 is 19.4 Å². The van der Waals surface area contributed by atoms with Gasteiger partial charge in [0, 0.05) is 12.1 Å². The molecule has 0 radical (unpaired) electrons. The highest BCUT2D eigenvalue weighted by atomic mass is 35.5. The van der Waals surface area contributed by atoms with Crippen molar-refractivity contribution in [3.63, 3.8) is 0 Å². The predicted molar refractivity (Wildman–Crippen MR) is 152 cm³/mol. The van der Waals surface area contributed by atoms with Gasteiger partial charge >= 0.3 is 6.09 Å². The van der Waals surface area contributed by atoms with Crippen molar-refractivity contribution in [1.29, 1.82) is 0 Å². The number of hydrogen-bond acceptors (Lipinski definition) is 8. The maximum absolute atomic E-state index is 12.7. The Morgan fingerprint density at radius 1 is 1.10 bits per heavy atom. The number of ether oxygens (including phenoxy) is 1. The molecule has 2 N–H and O–H groups in total. The molecule has 1 aliphatic rings. The van der Waals surface area contributed by atoms with Crippen molar-refractivity contribution in [1.82, 2.24) is 29.6 Å². The number of rotatable bonds is 6. The second kappa shape index (κ2) is 10.8. The molecule has 0 spiro atoms. The molecule has 0 saturated carbocycles. The molecule has 2 amide bonds. The highest BCUT2D eigenvalue weighted by molar-refractivity contribution is 7.08. The number of β-amino-alcohol motifs (C(OH)–C–C–N with tert-alkyl or cyclic N) is 1. The number of nitrogens with one attached hydrogen (secondary N) is 1. The minimum absolute atomic E-state index is 0.0773. The molecule has 0 unspecified atom stereocenters. The number of nitrogens with zero attached hydrogens (tertiary/aromatic N) is 5. The third-order valence-electron chi connectivity index (χ3n) is 6.13. The van der Waals surface area contributed by atoms with Gasteiger partial charge in [-0.25, -0.2) is 9.48 Å². The monoisotopic (exact) mass is 600 g/mol. The van der Waals surface area contributed by atoms with Crippen LogP contribution in [0.3, 0.4) is 0 Å². The smallest absolute Gasteiger partial charge is 0.410 e. The first-order valence-corrected chi connectivity index (χ1v) is 13.9. The van der Waals surface area contributed by atoms with Gasteiger partial charge in [0.2, 0.25) is 0 Å². The first kappa shape index (κ1) is 28.0. The van der Waals surface area contributed by atoms with Crippen molar-refractivity contribution in [3.05, 3.63) is 80.9 Å². The van der Waals surface area contributed by atoms with Crippen LogP contribution in [0.15, 0.2) is 54.7 Å². The van der Waals surface area contributed by atoms with Gasteiger partial charge in [-0.15, -0.1) is 5.10 Å². The van der Waals surface area contributed by atoms with E-state index in [1.165, 1.54) is 4.90 Å². The number of likely N-dealkylation sites (tertiary alicyclic amines) is 1. The number of halogens is 2. The topological polar surface area (TPSA) is 122 Å². The number of amides is 2. The lowest BCUT2D eigenvalue weighted by molar-refractivity contribution is -0.106. The van der Waals surface area contributed by atoms with Crippen molar-refractivity contribution in [2.45, 2.75) is 38.5 Å². The van der Waals surface area contributed by atoms with Crippen LogP contribution in [0.5, 0.6) is 0 Å². The zero-order valence-corrected chi connectivity index (χ0v) is 24.2. The van der Waals surface area contributed by atoms with E-state index in [-0.39, 0.29) is 19.0 Å². The van der Waals surface area contributed by atoms with E-state index in [2.05, 4.69) is 20.0 Å². The van der Waals surface area contributed by atoms with E-state index in [0.29, 0.717) is 32.9 Å². The minimum atomic E-state index is -1.28. The Kier molecular flexibility index (Phi) is 7.58. The standard InChI is InChI=1S/C27H26Cl2N6O4S/c1-26(2,3)39-25(37)34-14-27(38,15-34)23-13-35(33-31-23)18-7-4-16(5-8-18)12-30-24(36)22-11-21(32-40-22)17-6-9-19(28)20(29)10-17/h4-11,13,38H,12,14-15H2,1-3H3,(H,30,36). The highest BCUT2D eigenvalue weighted by Crippen LogP contribution is 2.32. The van der Waals surface area contributed by atoms with Crippen LogP contribution < -0.4 is 5.32 Å². The molecule has 208 valence electrons. The summed E-state index contributed by atoms with van der Waals surface area (Å²) in [6.45, 7) is 5.85. The Morgan fingerprint density at radius 2 is 1.82 bits per heavy atom. The molecule has 40 heavy (non-hydrogen) atoms. The Labute approximate surface area is 244 Å². The molecular formula is C27H26Cl2N6O4S. The van der Waals surface area contributed by atoms with Gasteiger partial charge in [0.25, 0.3) is 5.91 Å². The molecule has 0 atom stereocenters. The summed E-state index contributed by atoms with van der Waals surface area (Å²) in [7, 11) is 0. The summed E-state index contributed by atoms with van der Waals surface area (Å²) in [6.07, 6.45) is 1.16. The molecule has 10 nitrogen and oxygen atoms in total.